The summed E-state index contributed by atoms with van der Waals surface area (Å²) in [5.41, 5.74) is 0. The number of carboxylic acid groups (broad SMARTS) is 1. The zero-order valence-corrected chi connectivity index (χ0v) is 29.0. The van der Waals surface area contributed by atoms with Crippen LogP contribution in [0.5, 0.6) is 0 Å². The van der Waals surface area contributed by atoms with Crippen molar-refractivity contribution in [3.8, 4) is 0 Å². The number of aliphatic carboxylic acids is 1. The van der Waals surface area contributed by atoms with Gasteiger partial charge >= 0.3 is 11.9 Å². The molecule has 0 fully saturated rings. The zero-order valence-electron chi connectivity index (χ0n) is 29.0. The second-order valence-corrected chi connectivity index (χ2v) is 12.4. The maximum Gasteiger partial charge on any atom is 0.317 e. The Hall–Kier alpha value is -2.10. The van der Waals surface area contributed by atoms with E-state index in [2.05, 4.69) is 62.5 Å². The Morgan fingerprint density at radius 1 is 0.500 bits per heavy atom. The van der Waals surface area contributed by atoms with Crippen LogP contribution in [0, 0.1) is 0 Å². The number of rotatable bonds is 33. The summed E-state index contributed by atoms with van der Waals surface area (Å²) >= 11 is 0. The van der Waals surface area contributed by atoms with Gasteiger partial charge in [-0.1, -0.05) is 140 Å². The maximum absolute atomic E-state index is 12.0. The highest BCUT2D eigenvalue weighted by Crippen LogP contribution is 2.18. The minimum atomic E-state index is -1.11. The quantitative estimate of drug-likeness (QED) is 0.0346. The third kappa shape index (κ3) is 34.4. The van der Waals surface area contributed by atoms with Crippen LogP contribution in [0.15, 0.2) is 48.6 Å². The predicted octanol–water partition coefficient (Wildman–Crippen LogP) is 12.8. The van der Waals surface area contributed by atoms with Crippen LogP contribution in [0.4, 0.5) is 0 Å². The number of allylic oxidation sites excluding steroid dienone is 8. The molecule has 0 radical (unpaired) electrons. The Morgan fingerprint density at radius 3 is 1.20 bits per heavy atom. The smallest absolute Gasteiger partial charge is 0.317 e. The highest BCUT2D eigenvalue weighted by atomic mass is 16.5. The number of carboxylic acids is 1. The van der Waals surface area contributed by atoms with E-state index in [1.165, 1.54) is 116 Å². The van der Waals surface area contributed by atoms with Crippen molar-refractivity contribution in [1.82, 2.24) is 0 Å². The van der Waals surface area contributed by atoms with Crippen molar-refractivity contribution in [2.45, 2.75) is 193 Å². The number of esters is 1. The molecule has 0 aliphatic carbocycles. The molecule has 254 valence electrons. The topological polar surface area (TPSA) is 63.6 Å². The first-order valence-electron chi connectivity index (χ1n) is 18.6. The fourth-order valence-electron chi connectivity index (χ4n) is 5.33. The monoisotopic (exact) mass is 615 g/mol. The summed E-state index contributed by atoms with van der Waals surface area (Å²) in [7, 11) is 0. The molecular formula is C40H70O4. The molecule has 0 spiro atoms. The van der Waals surface area contributed by atoms with E-state index < -0.39 is 18.4 Å². The molecule has 44 heavy (non-hydrogen) atoms. The van der Waals surface area contributed by atoms with Crippen molar-refractivity contribution < 1.29 is 19.4 Å². The standard InChI is InChI=1S/C40H70O4/c1-3-5-7-9-11-13-15-17-19-21-23-25-27-29-31-33-35-38(44-40(43)37-39(41)42)36-34-32-30-28-26-24-22-20-18-16-14-12-10-8-6-4-2/h11-14,17-20,38H,3-10,15-16,21-37H2,1-2H3,(H,41,42)/b13-11-,14-12-,19-17-,20-18-. The Kier molecular flexibility index (Phi) is 33.7. The minimum Gasteiger partial charge on any atom is -0.481 e. The maximum atomic E-state index is 12.0. The first-order valence-corrected chi connectivity index (χ1v) is 18.6. The number of hydrogen-bond acceptors (Lipinski definition) is 3. The molecular weight excluding hydrogens is 544 g/mol. The Balaban J connectivity index is 3.90. The molecule has 0 aliphatic rings. The molecule has 0 saturated carbocycles. The van der Waals surface area contributed by atoms with Crippen molar-refractivity contribution >= 4 is 11.9 Å². The Bertz CT molecular complexity index is 700. The lowest BCUT2D eigenvalue weighted by molar-refractivity contribution is -0.155. The van der Waals surface area contributed by atoms with Crippen LogP contribution in [0.25, 0.3) is 0 Å². The lowest BCUT2D eigenvalue weighted by Gasteiger charge is -2.17. The van der Waals surface area contributed by atoms with Gasteiger partial charge in [0.1, 0.15) is 12.5 Å². The van der Waals surface area contributed by atoms with Crippen LogP contribution >= 0.6 is 0 Å². The minimum absolute atomic E-state index is 0.140. The number of hydrogen-bond donors (Lipinski definition) is 1. The van der Waals surface area contributed by atoms with E-state index in [4.69, 9.17) is 9.84 Å². The molecule has 0 aliphatic heterocycles. The summed E-state index contributed by atoms with van der Waals surface area (Å²) in [4.78, 5) is 22.9. The average Bonchev–Trinajstić information content (AvgIpc) is 3.00. The van der Waals surface area contributed by atoms with Gasteiger partial charge in [-0.3, -0.25) is 9.59 Å². The van der Waals surface area contributed by atoms with E-state index >= 15 is 0 Å². The second-order valence-electron chi connectivity index (χ2n) is 12.4. The first kappa shape index (κ1) is 41.9. The SMILES string of the molecule is CCCCC/C=C\C/C=C\CCCCCCCCC(CCCCCCCC/C=C\C/C=C\CCCCC)OC(=O)CC(=O)O. The van der Waals surface area contributed by atoms with Gasteiger partial charge in [-0.05, 0) is 89.9 Å². The summed E-state index contributed by atoms with van der Waals surface area (Å²) in [5.74, 6) is -1.71. The van der Waals surface area contributed by atoms with Crippen molar-refractivity contribution in [3.05, 3.63) is 48.6 Å². The number of carbonyl (C=O) groups excluding carboxylic acids is 1. The van der Waals surface area contributed by atoms with Gasteiger partial charge in [0.25, 0.3) is 0 Å². The van der Waals surface area contributed by atoms with Gasteiger partial charge in [-0.15, -0.1) is 0 Å². The molecule has 0 heterocycles. The van der Waals surface area contributed by atoms with E-state index in [9.17, 15) is 9.59 Å². The van der Waals surface area contributed by atoms with Gasteiger partial charge < -0.3 is 9.84 Å². The molecule has 0 rings (SSSR count). The largest absolute Gasteiger partial charge is 0.481 e. The molecule has 0 aromatic carbocycles. The average molecular weight is 615 g/mol. The van der Waals surface area contributed by atoms with Crippen molar-refractivity contribution in [3.63, 3.8) is 0 Å². The third-order valence-corrected chi connectivity index (χ3v) is 8.05. The Morgan fingerprint density at radius 2 is 0.841 bits per heavy atom. The number of carbonyl (C=O) groups is 2. The second kappa shape index (κ2) is 35.4. The third-order valence-electron chi connectivity index (χ3n) is 8.05. The summed E-state index contributed by atoms with van der Waals surface area (Å²) in [6.07, 6.45) is 48.5. The molecule has 0 atom stereocenters. The van der Waals surface area contributed by atoms with E-state index in [1.54, 1.807) is 0 Å². The number of unbranched alkanes of at least 4 members (excludes halogenated alkanes) is 18. The van der Waals surface area contributed by atoms with Crippen molar-refractivity contribution in [2.24, 2.45) is 0 Å². The summed E-state index contributed by atoms with van der Waals surface area (Å²) in [5, 5.41) is 8.93. The van der Waals surface area contributed by atoms with Gasteiger partial charge in [-0.25, -0.2) is 0 Å². The molecule has 0 amide bonds. The fourth-order valence-corrected chi connectivity index (χ4v) is 5.33. The highest BCUT2D eigenvalue weighted by Gasteiger charge is 2.16. The van der Waals surface area contributed by atoms with E-state index in [0.29, 0.717) is 0 Å². The van der Waals surface area contributed by atoms with Gasteiger partial charge in [0, 0.05) is 0 Å². The number of ether oxygens (including phenoxy) is 1. The van der Waals surface area contributed by atoms with Gasteiger partial charge in [0.05, 0.1) is 0 Å². The summed E-state index contributed by atoms with van der Waals surface area (Å²) in [6, 6.07) is 0. The normalized spacial score (nSPS) is 12.2. The molecule has 0 aromatic heterocycles. The van der Waals surface area contributed by atoms with Crippen LogP contribution in [0.1, 0.15) is 187 Å². The van der Waals surface area contributed by atoms with Crippen LogP contribution in [0.3, 0.4) is 0 Å². The zero-order chi connectivity index (χ0) is 32.2. The van der Waals surface area contributed by atoms with E-state index in [-0.39, 0.29) is 6.10 Å². The van der Waals surface area contributed by atoms with Crippen molar-refractivity contribution in [1.29, 1.82) is 0 Å². The molecule has 0 saturated heterocycles. The summed E-state index contributed by atoms with van der Waals surface area (Å²) in [6.45, 7) is 4.49. The van der Waals surface area contributed by atoms with Crippen LogP contribution < -0.4 is 0 Å². The molecule has 0 bridgehead atoms. The molecule has 4 nitrogen and oxygen atoms in total. The molecule has 0 unspecified atom stereocenters. The fraction of sp³-hybridized carbons (Fsp3) is 0.750. The van der Waals surface area contributed by atoms with Crippen LogP contribution in [-0.4, -0.2) is 23.1 Å². The lowest BCUT2D eigenvalue weighted by atomic mass is 10.0. The van der Waals surface area contributed by atoms with E-state index in [1.807, 2.05) is 0 Å². The van der Waals surface area contributed by atoms with E-state index in [0.717, 1.165) is 51.4 Å². The van der Waals surface area contributed by atoms with Gasteiger partial charge in [0.15, 0.2) is 0 Å². The van der Waals surface area contributed by atoms with Crippen LogP contribution in [-0.2, 0) is 14.3 Å². The van der Waals surface area contributed by atoms with Crippen LogP contribution in [0.2, 0.25) is 0 Å². The van der Waals surface area contributed by atoms with Gasteiger partial charge in [0.2, 0.25) is 0 Å². The highest BCUT2D eigenvalue weighted by molar-refractivity contribution is 5.90. The molecule has 4 heteroatoms. The predicted molar refractivity (Wildman–Crippen MR) is 190 cm³/mol. The molecule has 0 aromatic rings. The molecule has 1 N–H and O–H groups in total. The lowest BCUT2D eigenvalue weighted by Crippen LogP contribution is -2.20. The first-order chi connectivity index (χ1) is 21.6. The van der Waals surface area contributed by atoms with Gasteiger partial charge in [-0.2, -0.15) is 0 Å². The Labute approximate surface area is 272 Å². The summed E-state index contributed by atoms with van der Waals surface area (Å²) < 4.78 is 5.57. The van der Waals surface area contributed by atoms with Crippen molar-refractivity contribution in [2.75, 3.05) is 0 Å².